The van der Waals surface area contributed by atoms with Crippen LogP contribution in [0, 0.1) is 5.92 Å². The molecule has 1 aliphatic carbocycles. The molecule has 1 saturated carbocycles. The van der Waals surface area contributed by atoms with Crippen molar-refractivity contribution < 1.29 is 18.7 Å². The first-order valence-corrected chi connectivity index (χ1v) is 9.33. The van der Waals surface area contributed by atoms with E-state index in [0.29, 0.717) is 36.4 Å². The Balaban J connectivity index is 1.64. The second-order valence-corrected chi connectivity index (χ2v) is 6.93. The van der Waals surface area contributed by atoms with Crippen molar-refractivity contribution in [1.82, 2.24) is 4.90 Å². The second-order valence-electron chi connectivity index (χ2n) is 6.93. The zero-order valence-corrected chi connectivity index (χ0v) is 16.4. The minimum Gasteiger partial charge on any atom is -0.493 e. The standard InChI is InChI=1S/C22H27NO4/c1-5-23(14-16-6-9-20(25-3)21(13-16)26-4)22(24)11-8-17-7-10-19(27-17)18-12-15(18)2/h6-11,13,15,18H,5,12,14H2,1-4H3/b11-8+. The Morgan fingerprint density at radius 2 is 1.96 bits per heavy atom. The van der Waals surface area contributed by atoms with Crippen molar-refractivity contribution in [3.8, 4) is 11.5 Å². The van der Waals surface area contributed by atoms with E-state index in [4.69, 9.17) is 13.9 Å². The van der Waals surface area contributed by atoms with E-state index in [2.05, 4.69) is 6.92 Å². The fraction of sp³-hybridized carbons (Fsp3) is 0.409. The van der Waals surface area contributed by atoms with Crippen LogP contribution in [-0.4, -0.2) is 31.6 Å². The van der Waals surface area contributed by atoms with E-state index >= 15 is 0 Å². The summed E-state index contributed by atoms with van der Waals surface area (Å²) >= 11 is 0. The Morgan fingerprint density at radius 3 is 2.59 bits per heavy atom. The summed E-state index contributed by atoms with van der Waals surface area (Å²) in [5.74, 6) is 4.27. The molecule has 1 fully saturated rings. The van der Waals surface area contributed by atoms with Gasteiger partial charge in [0.25, 0.3) is 0 Å². The molecule has 0 aliphatic heterocycles. The zero-order valence-electron chi connectivity index (χ0n) is 16.4. The molecule has 5 heteroatoms. The number of methoxy groups -OCH3 is 2. The largest absolute Gasteiger partial charge is 0.493 e. The van der Waals surface area contributed by atoms with Gasteiger partial charge in [0.05, 0.1) is 14.2 Å². The molecule has 27 heavy (non-hydrogen) atoms. The maximum atomic E-state index is 12.6. The van der Waals surface area contributed by atoms with Crippen LogP contribution in [0.3, 0.4) is 0 Å². The summed E-state index contributed by atoms with van der Waals surface area (Å²) < 4.78 is 16.4. The highest BCUT2D eigenvalue weighted by Gasteiger charge is 2.36. The topological polar surface area (TPSA) is 51.9 Å². The number of nitrogens with zero attached hydrogens (tertiary/aromatic N) is 1. The van der Waals surface area contributed by atoms with Gasteiger partial charge in [0, 0.05) is 25.1 Å². The molecule has 1 aromatic carbocycles. The minimum absolute atomic E-state index is 0.0509. The number of furan rings is 1. The molecule has 144 valence electrons. The molecule has 1 aliphatic rings. The summed E-state index contributed by atoms with van der Waals surface area (Å²) in [6, 6.07) is 9.63. The summed E-state index contributed by atoms with van der Waals surface area (Å²) in [7, 11) is 3.21. The van der Waals surface area contributed by atoms with E-state index in [1.807, 2.05) is 37.3 Å². The number of rotatable bonds is 8. The Hall–Kier alpha value is -2.69. The van der Waals surface area contributed by atoms with Crippen LogP contribution in [0.1, 0.15) is 43.3 Å². The van der Waals surface area contributed by atoms with Gasteiger partial charge in [-0.15, -0.1) is 0 Å². The van der Waals surface area contributed by atoms with Gasteiger partial charge in [-0.2, -0.15) is 0 Å². The lowest BCUT2D eigenvalue weighted by Gasteiger charge is -2.20. The van der Waals surface area contributed by atoms with Crippen LogP contribution in [0.25, 0.3) is 6.08 Å². The van der Waals surface area contributed by atoms with Gasteiger partial charge in [0.15, 0.2) is 11.5 Å². The number of hydrogen-bond acceptors (Lipinski definition) is 4. The van der Waals surface area contributed by atoms with Gasteiger partial charge in [-0.1, -0.05) is 13.0 Å². The number of amides is 1. The SMILES string of the molecule is CCN(Cc1ccc(OC)c(OC)c1)C(=O)/C=C/c1ccc(C2CC2C)o1. The smallest absolute Gasteiger partial charge is 0.246 e. The molecule has 2 unspecified atom stereocenters. The van der Waals surface area contributed by atoms with E-state index in [0.717, 1.165) is 17.1 Å². The molecule has 1 aromatic heterocycles. The third kappa shape index (κ3) is 4.54. The van der Waals surface area contributed by atoms with Crippen LogP contribution in [-0.2, 0) is 11.3 Å². The van der Waals surface area contributed by atoms with E-state index in [1.165, 1.54) is 6.42 Å². The van der Waals surface area contributed by atoms with Crippen molar-refractivity contribution in [2.45, 2.75) is 32.7 Å². The summed E-state index contributed by atoms with van der Waals surface area (Å²) in [6.45, 7) is 5.30. The number of carbonyl (C=O) groups is 1. The van der Waals surface area contributed by atoms with Gasteiger partial charge in [0.1, 0.15) is 11.5 Å². The van der Waals surface area contributed by atoms with Gasteiger partial charge < -0.3 is 18.8 Å². The number of hydrogen-bond donors (Lipinski definition) is 0. The van der Waals surface area contributed by atoms with Crippen LogP contribution in [0.2, 0.25) is 0 Å². The molecule has 5 nitrogen and oxygen atoms in total. The highest BCUT2D eigenvalue weighted by Crippen LogP contribution is 2.47. The predicted octanol–water partition coefficient (Wildman–Crippen LogP) is 4.48. The van der Waals surface area contributed by atoms with Crippen molar-refractivity contribution in [2.24, 2.45) is 5.92 Å². The molecule has 0 bridgehead atoms. The molecule has 1 amide bonds. The van der Waals surface area contributed by atoms with Gasteiger partial charge >= 0.3 is 0 Å². The Kier molecular flexibility index (Phi) is 5.89. The monoisotopic (exact) mass is 369 g/mol. The van der Waals surface area contributed by atoms with Gasteiger partial charge in [0.2, 0.25) is 5.91 Å². The van der Waals surface area contributed by atoms with Crippen molar-refractivity contribution >= 4 is 12.0 Å². The minimum atomic E-state index is -0.0509. The van der Waals surface area contributed by atoms with Crippen molar-refractivity contribution in [3.05, 3.63) is 53.5 Å². The number of likely N-dealkylation sites (N-methyl/N-ethyl adjacent to an activating group) is 1. The maximum Gasteiger partial charge on any atom is 0.246 e. The Bertz CT molecular complexity index is 823. The van der Waals surface area contributed by atoms with Gasteiger partial charge in [-0.3, -0.25) is 4.79 Å². The molecule has 2 atom stereocenters. The molecule has 0 N–H and O–H groups in total. The molecular weight excluding hydrogens is 342 g/mol. The van der Waals surface area contributed by atoms with Crippen molar-refractivity contribution in [1.29, 1.82) is 0 Å². The Morgan fingerprint density at radius 1 is 1.22 bits per heavy atom. The number of benzene rings is 1. The average Bonchev–Trinajstić information content (AvgIpc) is 3.23. The molecule has 3 rings (SSSR count). The summed E-state index contributed by atoms with van der Waals surface area (Å²) in [4.78, 5) is 14.3. The molecule has 1 heterocycles. The molecule has 0 saturated heterocycles. The molecule has 2 aromatic rings. The summed E-state index contributed by atoms with van der Waals surface area (Å²) in [5, 5.41) is 0. The van der Waals surface area contributed by atoms with E-state index < -0.39 is 0 Å². The normalized spacial score (nSPS) is 18.5. The van der Waals surface area contributed by atoms with Crippen LogP contribution in [0.15, 0.2) is 40.8 Å². The van der Waals surface area contributed by atoms with E-state index in [-0.39, 0.29) is 5.91 Å². The lowest BCUT2D eigenvalue weighted by molar-refractivity contribution is -0.126. The Labute approximate surface area is 160 Å². The van der Waals surface area contributed by atoms with Crippen LogP contribution < -0.4 is 9.47 Å². The quantitative estimate of drug-likeness (QED) is 0.644. The van der Waals surface area contributed by atoms with Crippen molar-refractivity contribution in [3.63, 3.8) is 0 Å². The third-order valence-electron chi connectivity index (χ3n) is 5.03. The first-order valence-electron chi connectivity index (χ1n) is 9.33. The van der Waals surface area contributed by atoms with Gasteiger partial charge in [-0.25, -0.2) is 0 Å². The van der Waals surface area contributed by atoms with Crippen LogP contribution in [0.5, 0.6) is 11.5 Å². The number of carbonyl (C=O) groups excluding carboxylic acids is 1. The second kappa shape index (κ2) is 8.33. The fourth-order valence-corrected chi connectivity index (χ4v) is 3.18. The molecular formula is C22H27NO4. The lowest BCUT2D eigenvalue weighted by Crippen LogP contribution is -2.28. The first kappa shape index (κ1) is 19.1. The van der Waals surface area contributed by atoms with Crippen molar-refractivity contribution in [2.75, 3.05) is 20.8 Å². The third-order valence-corrected chi connectivity index (χ3v) is 5.03. The fourth-order valence-electron chi connectivity index (χ4n) is 3.18. The van der Waals surface area contributed by atoms with Crippen LogP contribution in [0.4, 0.5) is 0 Å². The predicted molar refractivity (Wildman–Crippen MR) is 105 cm³/mol. The maximum absolute atomic E-state index is 12.6. The average molecular weight is 369 g/mol. The summed E-state index contributed by atoms with van der Waals surface area (Å²) in [5.41, 5.74) is 0.985. The molecule has 0 radical (unpaired) electrons. The highest BCUT2D eigenvalue weighted by molar-refractivity contribution is 5.91. The number of ether oxygens (including phenoxy) is 2. The zero-order chi connectivity index (χ0) is 19.4. The van der Waals surface area contributed by atoms with Gasteiger partial charge in [-0.05, 0) is 55.2 Å². The summed E-state index contributed by atoms with van der Waals surface area (Å²) in [6.07, 6.45) is 4.50. The van der Waals surface area contributed by atoms with E-state index in [1.54, 1.807) is 31.3 Å². The van der Waals surface area contributed by atoms with Crippen LogP contribution >= 0.6 is 0 Å². The first-order chi connectivity index (χ1) is 13.0. The van der Waals surface area contributed by atoms with E-state index in [9.17, 15) is 4.79 Å². The molecule has 0 spiro atoms. The highest BCUT2D eigenvalue weighted by atomic mass is 16.5. The lowest BCUT2D eigenvalue weighted by atomic mass is 10.2.